The van der Waals surface area contributed by atoms with Crippen LogP contribution in [0.25, 0.3) is 0 Å². The molecule has 2 amide bonds. The van der Waals surface area contributed by atoms with E-state index in [0.717, 1.165) is 4.47 Å². The predicted octanol–water partition coefficient (Wildman–Crippen LogP) is 1.03. The minimum Gasteiger partial charge on any atom is -0.398 e. The second-order valence-corrected chi connectivity index (χ2v) is 4.72. The zero-order valence-electron chi connectivity index (χ0n) is 9.48. The number of hydrogen-bond acceptors (Lipinski definition) is 3. The highest BCUT2D eigenvalue weighted by atomic mass is 79.9. The number of hydrogen-bond donors (Lipinski definition) is 2. The molecule has 0 aliphatic carbocycles. The van der Waals surface area contributed by atoms with Crippen molar-refractivity contribution in [3.63, 3.8) is 0 Å². The zero-order valence-corrected chi connectivity index (χ0v) is 11.9. The molecule has 0 saturated carbocycles. The van der Waals surface area contributed by atoms with E-state index in [2.05, 4.69) is 21.2 Å². The van der Waals surface area contributed by atoms with Crippen molar-refractivity contribution in [1.82, 2.24) is 10.2 Å². The highest BCUT2D eigenvalue weighted by molar-refractivity contribution is 9.10. The van der Waals surface area contributed by atoms with E-state index < -0.39 is 0 Å². The van der Waals surface area contributed by atoms with Crippen molar-refractivity contribution >= 4 is 45.8 Å². The standard InChI is InChI=1S/C11H12BrN3O2.ClH/c12-7-1-2-8(9(13)5-7)11(17)15-4-3-14-10(16)6-15;/h1-2,5H,3-4,6,13H2,(H,14,16);1H. The molecule has 1 aromatic carbocycles. The third-order valence-corrected chi connectivity index (χ3v) is 3.06. The average Bonchev–Trinajstić information content (AvgIpc) is 2.28. The molecule has 1 saturated heterocycles. The van der Waals surface area contributed by atoms with E-state index in [9.17, 15) is 9.59 Å². The normalized spacial score (nSPS) is 14.7. The molecular weight excluding hydrogens is 321 g/mol. The van der Waals surface area contributed by atoms with Crippen LogP contribution in [0.3, 0.4) is 0 Å². The summed E-state index contributed by atoms with van der Waals surface area (Å²) in [7, 11) is 0. The maximum Gasteiger partial charge on any atom is 0.256 e. The quantitative estimate of drug-likeness (QED) is 0.753. The Kier molecular flexibility index (Phi) is 4.98. The largest absolute Gasteiger partial charge is 0.398 e. The number of anilines is 1. The van der Waals surface area contributed by atoms with Crippen molar-refractivity contribution in [2.24, 2.45) is 0 Å². The van der Waals surface area contributed by atoms with Gasteiger partial charge in [-0.3, -0.25) is 9.59 Å². The van der Waals surface area contributed by atoms with Gasteiger partial charge in [-0.2, -0.15) is 0 Å². The number of nitrogens with one attached hydrogen (secondary N) is 1. The molecule has 0 bridgehead atoms. The summed E-state index contributed by atoms with van der Waals surface area (Å²) in [6, 6.07) is 5.10. The van der Waals surface area contributed by atoms with Crippen molar-refractivity contribution in [2.45, 2.75) is 0 Å². The fourth-order valence-corrected chi connectivity index (χ4v) is 2.09. The van der Waals surface area contributed by atoms with Gasteiger partial charge in [0.05, 0.1) is 12.1 Å². The molecule has 0 spiro atoms. The number of carbonyl (C=O) groups excluding carboxylic acids is 2. The maximum absolute atomic E-state index is 12.1. The highest BCUT2D eigenvalue weighted by Gasteiger charge is 2.23. The number of carbonyl (C=O) groups is 2. The van der Waals surface area contributed by atoms with Gasteiger partial charge in [0.15, 0.2) is 0 Å². The molecule has 2 rings (SSSR count). The number of nitrogens with two attached hydrogens (primary N) is 1. The van der Waals surface area contributed by atoms with E-state index in [4.69, 9.17) is 5.73 Å². The Morgan fingerprint density at radius 2 is 2.17 bits per heavy atom. The molecule has 1 aliphatic rings. The summed E-state index contributed by atoms with van der Waals surface area (Å²) in [6.45, 7) is 1.09. The van der Waals surface area contributed by atoms with Gasteiger partial charge < -0.3 is 16.0 Å². The van der Waals surface area contributed by atoms with Crippen LogP contribution in [0.5, 0.6) is 0 Å². The maximum atomic E-state index is 12.1. The Balaban J connectivity index is 0.00000162. The molecule has 98 valence electrons. The summed E-state index contributed by atoms with van der Waals surface area (Å²) in [5, 5.41) is 2.67. The lowest BCUT2D eigenvalue weighted by molar-refractivity contribution is -0.123. The van der Waals surface area contributed by atoms with Crippen LogP contribution in [0.4, 0.5) is 5.69 Å². The number of nitrogen functional groups attached to an aromatic ring is 1. The molecule has 1 aromatic rings. The fraction of sp³-hybridized carbons (Fsp3) is 0.273. The number of rotatable bonds is 1. The molecule has 1 heterocycles. The summed E-state index contributed by atoms with van der Waals surface area (Å²) < 4.78 is 0.822. The number of amides is 2. The summed E-state index contributed by atoms with van der Waals surface area (Å²) in [4.78, 5) is 24.8. The third kappa shape index (κ3) is 3.14. The van der Waals surface area contributed by atoms with Gasteiger partial charge in [0.1, 0.15) is 0 Å². The van der Waals surface area contributed by atoms with Crippen LogP contribution in [0.1, 0.15) is 10.4 Å². The Hall–Kier alpha value is -1.27. The minimum absolute atomic E-state index is 0. The summed E-state index contributed by atoms with van der Waals surface area (Å²) in [5.41, 5.74) is 6.63. The van der Waals surface area contributed by atoms with Crippen LogP contribution in [0.15, 0.2) is 22.7 Å². The second-order valence-electron chi connectivity index (χ2n) is 3.81. The average molecular weight is 335 g/mol. The van der Waals surface area contributed by atoms with Gasteiger partial charge in [0.25, 0.3) is 5.91 Å². The van der Waals surface area contributed by atoms with Crippen LogP contribution >= 0.6 is 28.3 Å². The van der Waals surface area contributed by atoms with Crippen molar-refractivity contribution in [3.8, 4) is 0 Å². The first-order valence-electron chi connectivity index (χ1n) is 5.19. The smallest absolute Gasteiger partial charge is 0.256 e. The first kappa shape index (κ1) is 14.8. The van der Waals surface area contributed by atoms with Gasteiger partial charge in [-0.25, -0.2) is 0 Å². The van der Waals surface area contributed by atoms with Crippen LogP contribution in [0, 0.1) is 0 Å². The molecule has 0 aromatic heterocycles. The van der Waals surface area contributed by atoms with Gasteiger partial charge in [0, 0.05) is 23.2 Å². The van der Waals surface area contributed by atoms with Crippen LogP contribution in [0.2, 0.25) is 0 Å². The summed E-state index contributed by atoms with van der Waals surface area (Å²) >= 11 is 3.28. The van der Waals surface area contributed by atoms with Gasteiger partial charge >= 0.3 is 0 Å². The monoisotopic (exact) mass is 333 g/mol. The molecule has 0 radical (unpaired) electrons. The van der Waals surface area contributed by atoms with E-state index in [1.54, 1.807) is 18.2 Å². The number of piperazine rings is 1. The molecule has 0 unspecified atom stereocenters. The lowest BCUT2D eigenvalue weighted by Crippen LogP contribution is -2.50. The SMILES string of the molecule is Cl.Nc1cc(Br)ccc1C(=O)N1CCNC(=O)C1. The molecular formula is C11H13BrClN3O2. The number of halogens is 2. The predicted molar refractivity (Wildman–Crippen MR) is 74.7 cm³/mol. The molecule has 18 heavy (non-hydrogen) atoms. The van der Waals surface area contributed by atoms with E-state index in [0.29, 0.717) is 24.3 Å². The molecule has 1 fully saturated rings. The van der Waals surface area contributed by atoms with E-state index in [-0.39, 0.29) is 30.8 Å². The van der Waals surface area contributed by atoms with E-state index >= 15 is 0 Å². The van der Waals surface area contributed by atoms with Crippen LogP contribution in [-0.4, -0.2) is 36.3 Å². The van der Waals surface area contributed by atoms with Gasteiger partial charge in [-0.1, -0.05) is 15.9 Å². The fourth-order valence-electron chi connectivity index (χ4n) is 1.71. The molecule has 1 aliphatic heterocycles. The summed E-state index contributed by atoms with van der Waals surface area (Å²) in [6.07, 6.45) is 0. The summed E-state index contributed by atoms with van der Waals surface area (Å²) in [5.74, 6) is -0.342. The van der Waals surface area contributed by atoms with Crippen molar-refractivity contribution in [3.05, 3.63) is 28.2 Å². The van der Waals surface area contributed by atoms with Gasteiger partial charge in [-0.15, -0.1) is 12.4 Å². The lowest BCUT2D eigenvalue weighted by Gasteiger charge is -2.27. The van der Waals surface area contributed by atoms with Gasteiger partial charge in [-0.05, 0) is 18.2 Å². The Bertz CT molecular complexity index is 481. The van der Waals surface area contributed by atoms with Gasteiger partial charge in [0.2, 0.25) is 5.91 Å². The van der Waals surface area contributed by atoms with Crippen LogP contribution < -0.4 is 11.1 Å². The Labute approximate surface area is 119 Å². The molecule has 3 N–H and O–H groups in total. The first-order valence-corrected chi connectivity index (χ1v) is 5.98. The van der Waals surface area contributed by atoms with Crippen molar-refractivity contribution < 1.29 is 9.59 Å². The Morgan fingerprint density at radius 3 is 2.78 bits per heavy atom. The first-order chi connectivity index (χ1) is 8.08. The number of nitrogens with zero attached hydrogens (tertiary/aromatic N) is 1. The third-order valence-electron chi connectivity index (χ3n) is 2.57. The zero-order chi connectivity index (χ0) is 12.4. The van der Waals surface area contributed by atoms with E-state index in [1.807, 2.05) is 0 Å². The Morgan fingerprint density at radius 1 is 1.44 bits per heavy atom. The number of benzene rings is 1. The topological polar surface area (TPSA) is 75.4 Å². The second kappa shape index (κ2) is 6.06. The van der Waals surface area contributed by atoms with Crippen molar-refractivity contribution in [2.75, 3.05) is 25.4 Å². The molecule has 0 atom stereocenters. The molecule has 5 nitrogen and oxygen atoms in total. The highest BCUT2D eigenvalue weighted by Crippen LogP contribution is 2.20. The van der Waals surface area contributed by atoms with E-state index in [1.165, 1.54) is 4.90 Å². The molecule has 7 heteroatoms. The lowest BCUT2D eigenvalue weighted by atomic mass is 10.1. The minimum atomic E-state index is -0.204. The van der Waals surface area contributed by atoms with Crippen LogP contribution in [-0.2, 0) is 4.79 Å². The van der Waals surface area contributed by atoms with Crippen molar-refractivity contribution in [1.29, 1.82) is 0 Å².